The topological polar surface area (TPSA) is 93.2 Å². The van der Waals surface area contributed by atoms with Crippen molar-refractivity contribution >= 4 is 28.8 Å². The molecule has 0 saturated carbocycles. The average molecular weight is 463 g/mol. The Morgan fingerprint density at radius 1 is 1.00 bits per heavy atom. The maximum Gasteiger partial charge on any atom is 0.262 e. The molecule has 4 aromatic rings. The summed E-state index contributed by atoms with van der Waals surface area (Å²) >= 11 is 1.44. The van der Waals surface area contributed by atoms with E-state index in [1.165, 1.54) is 29.5 Å². The van der Waals surface area contributed by atoms with Crippen LogP contribution in [-0.4, -0.2) is 28.4 Å². The van der Waals surface area contributed by atoms with E-state index in [2.05, 4.69) is 20.6 Å². The molecule has 0 bridgehead atoms. The molecule has 0 saturated heterocycles. The second kappa shape index (κ2) is 10.5. The third-order valence-electron chi connectivity index (χ3n) is 4.57. The largest absolute Gasteiger partial charge is 0.483 e. The summed E-state index contributed by atoms with van der Waals surface area (Å²) in [5, 5.41) is 7.93. The molecule has 0 radical (unpaired) electrons. The number of ether oxygens (including phenoxy) is 1. The number of carbonyl (C=O) groups excluding carboxylic acids is 2. The quantitative estimate of drug-likeness (QED) is 0.407. The normalized spacial score (nSPS) is 10.5. The molecule has 0 aliphatic heterocycles. The maximum absolute atomic E-state index is 13.7. The van der Waals surface area contributed by atoms with Gasteiger partial charge in [-0.3, -0.25) is 14.6 Å². The molecule has 7 nitrogen and oxygen atoms in total. The van der Waals surface area contributed by atoms with Crippen LogP contribution in [0, 0.1) is 5.82 Å². The van der Waals surface area contributed by atoms with Gasteiger partial charge in [0.1, 0.15) is 16.6 Å². The number of amides is 2. The van der Waals surface area contributed by atoms with Crippen LogP contribution in [0.2, 0.25) is 0 Å². The van der Waals surface area contributed by atoms with E-state index in [9.17, 15) is 14.0 Å². The van der Waals surface area contributed by atoms with Gasteiger partial charge < -0.3 is 15.4 Å². The molecule has 0 fully saturated rings. The average Bonchev–Trinajstić information content (AvgIpc) is 3.33. The predicted molar refractivity (Wildman–Crippen MR) is 123 cm³/mol. The van der Waals surface area contributed by atoms with Crippen LogP contribution in [0.5, 0.6) is 5.75 Å². The van der Waals surface area contributed by atoms with Gasteiger partial charge in [-0.05, 0) is 36.4 Å². The summed E-state index contributed by atoms with van der Waals surface area (Å²) in [4.78, 5) is 33.4. The number of rotatable bonds is 8. The molecule has 0 aliphatic carbocycles. The van der Waals surface area contributed by atoms with Crippen molar-refractivity contribution in [2.24, 2.45) is 0 Å². The van der Waals surface area contributed by atoms with Gasteiger partial charge in [0.2, 0.25) is 0 Å². The van der Waals surface area contributed by atoms with Crippen molar-refractivity contribution in [3.8, 4) is 17.0 Å². The molecule has 33 heavy (non-hydrogen) atoms. The van der Waals surface area contributed by atoms with Crippen molar-refractivity contribution in [2.45, 2.75) is 6.54 Å². The maximum atomic E-state index is 13.7. The molecule has 9 heteroatoms. The summed E-state index contributed by atoms with van der Waals surface area (Å²) in [7, 11) is 0. The molecular formula is C24H19FN4O3S. The molecular weight excluding hydrogens is 443 g/mol. The Balaban J connectivity index is 1.35. The Bertz CT molecular complexity index is 1260. The summed E-state index contributed by atoms with van der Waals surface area (Å²) in [6.45, 7) is -0.128. The second-order valence-corrected chi connectivity index (χ2v) is 7.80. The third kappa shape index (κ3) is 5.78. The van der Waals surface area contributed by atoms with Crippen molar-refractivity contribution in [1.82, 2.24) is 15.3 Å². The molecule has 2 heterocycles. The van der Waals surface area contributed by atoms with Crippen molar-refractivity contribution in [3.63, 3.8) is 0 Å². The molecule has 4 rings (SSSR count). The van der Waals surface area contributed by atoms with Crippen molar-refractivity contribution < 1.29 is 18.7 Å². The summed E-state index contributed by atoms with van der Waals surface area (Å²) in [6.07, 6.45) is 3.40. The first-order chi connectivity index (χ1) is 16.1. The molecule has 2 amide bonds. The predicted octanol–water partition coefficient (Wildman–Crippen LogP) is 4.29. The summed E-state index contributed by atoms with van der Waals surface area (Å²) < 4.78 is 19.2. The van der Waals surface area contributed by atoms with E-state index in [1.807, 2.05) is 17.5 Å². The number of hydrogen-bond donors (Lipinski definition) is 2. The van der Waals surface area contributed by atoms with E-state index in [-0.39, 0.29) is 36.1 Å². The van der Waals surface area contributed by atoms with Gasteiger partial charge in [0, 0.05) is 23.3 Å². The number of halogens is 1. The highest BCUT2D eigenvalue weighted by molar-refractivity contribution is 7.09. The van der Waals surface area contributed by atoms with Gasteiger partial charge in [-0.15, -0.1) is 11.3 Å². The highest BCUT2D eigenvalue weighted by atomic mass is 32.1. The summed E-state index contributed by atoms with van der Waals surface area (Å²) in [5.41, 5.74) is 2.11. The van der Waals surface area contributed by atoms with E-state index in [0.717, 1.165) is 16.3 Å². The number of anilines is 1. The fourth-order valence-electron chi connectivity index (χ4n) is 2.97. The van der Waals surface area contributed by atoms with Gasteiger partial charge in [0.05, 0.1) is 23.5 Å². The van der Waals surface area contributed by atoms with E-state index in [4.69, 9.17) is 4.74 Å². The lowest BCUT2D eigenvalue weighted by atomic mass is 10.2. The Morgan fingerprint density at radius 2 is 1.76 bits per heavy atom. The first-order valence-electron chi connectivity index (χ1n) is 9.99. The Morgan fingerprint density at radius 3 is 2.58 bits per heavy atom. The zero-order valence-corrected chi connectivity index (χ0v) is 18.1. The molecule has 166 valence electrons. The lowest BCUT2D eigenvalue weighted by Gasteiger charge is -2.12. The summed E-state index contributed by atoms with van der Waals surface area (Å²) in [6, 6.07) is 16.2. The number of thiazole rings is 1. The Labute approximate surface area is 193 Å². The van der Waals surface area contributed by atoms with Crippen LogP contribution in [0.25, 0.3) is 11.3 Å². The second-order valence-electron chi connectivity index (χ2n) is 6.86. The highest BCUT2D eigenvalue weighted by Gasteiger charge is 2.15. The smallest absolute Gasteiger partial charge is 0.262 e. The third-order valence-corrected chi connectivity index (χ3v) is 5.42. The van der Waals surface area contributed by atoms with E-state index in [0.29, 0.717) is 0 Å². The molecule has 2 aromatic heterocycles. The monoisotopic (exact) mass is 462 g/mol. The van der Waals surface area contributed by atoms with Crippen LogP contribution >= 0.6 is 11.3 Å². The minimum Gasteiger partial charge on any atom is -0.483 e. The lowest BCUT2D eigenvalue weighted by Crippen LogP contribution is -2.25. The van der Waals surface area contributed by atoms with Crippen LogP contribution in [0.4, 0.5) is 10.1 Å². The molecule has 0 atom stereocenters. The molecule has 2 aromatic carbocycles. The summed E-state index contributed by atoms with van der Waals surface area (Å²) in [5.74, 6) is -1.20. The number of pyridine rings is 1. The Hall–Kier alpha value is -4.11. The van der Waals surface area contributed by atoms with E-state index in [1.54, 1.807) is 42.7 Å². The Kier molecular flexibility index (Phi) is 7.01. The van der Waals surface area contributed by atoms with Crippen molar-refractivity contribution in [2.75, 3.05) is 11.9 Å². The van der Waals surface area contributed by atoms with Crippen LogP contribution in [0.15, 0.2) is 78.4 Å². The van der Waals surface area contributed by atoms with Crippen LogP contribution in [0.3, 0.4) is 0 Å². The number of hydrogen-bond acceptors (Lipinski definition) is 6. The van der Waals surface area contributed by atoms with Gasteiger partial charge >= 0.3 is 0 Å². The number of para-hydroxylation sites is 2. The van der Waals surface area contributed by atoms with E-state index < -0.39 is 11.7 Å². The van der Waals surface area contributed by atoms with Gasteiger partial charge in [0.25, 0.3) is 11.8 Å². The van der Waals surface area contributed by atoms with Crippen LogP contribution in [-0.2, 0) is 11.3 Å². The molecule has 0 aliphatic rings. The first kappa shape index (κ1) is 22.1. The zero-order valence-electron chi connectivity index (χ0n) is 17.3. The van der Waals surface area contributed by atoms with Crippen LogP contribution in [0.1, 0.15) is 15.4 Å². The van der Waals surface area contributed by atoms with Crippen molar-refractivity contribution in [1.29, 1.82) is 0 Å². The van der Waals surface area contributed by atoms with Crippen LogP contribution < -0.4 is 15.4 Å². The SMILES string of the molecule is O=C(COc1ccccc1C(=O)NCc1nc(-c2ccncc2)cs1)Nc1ccccc1F. The number of aromatic nitrogens is 2. The molecule has 2 N–H and O–H groups in total. The minimum atomic E-state index is -0.542. The van der Waals surface area contributed by atoms with Gasteiger partial charge in [-0.2, -0.15) is 0 Å². The van der Waals surface area contributed by atoms with Crippen molar-refractivity contribution in [3.05, 3.63) is 94.8 Å². The standard InChI is InChI=1S/C24H19FN4O3S/c25-18-6-2-3-7-19(18)28-22(30)14-32-21-8-4-1-5-17(21)24(31)27-13-23-29-20(15-33-23)16-9-11-26-12-10-16/h1-12,15H,13-14H2,(H,27,31)(H,28,30). The van der Waals surface area contributed by atoms with Gasteiger partial charge in [-0.1, -0.05) is 24.3 Å². The zero-order chi connectivity index (χ0) is 23.0. The number of benzene rings is 2. The number of nitrogens with zero attached hydrogens (tertiary/aromatic N) is 2. The first-order valence-corrected chi connectivity index (χ1v) is 10.9. The number of carbonyl (C=O) groups is 2. The highest BCUT2D eigenvalue weighted by Crippen LogP contribution is 2.22. The van der Waals surface area contributed by atoms with Gasteiger partial charge in [0.15, 0.2) is 6.61 Å². The number of nitrogens with one attached hydrogen (secondary N) is 2. The molecule has 0 spiro atoms. The fourth-order valence-corrected chi connectivity index (χ4v) is 3.71. The molecule has 0 unspecified atom stereocenters. The van der Waals surface area contributed by atoms with E-state index >= 15 is 0 Å². The minimum absolute atomic E-state index is 0.0618. The lowest BCUT2D eigenvalue weighted by molar-refractivity contribution is -0.118. The fraction of sp³-hybridized carbons (Fsp3) is 0.0833. The van der Waals surface area contributed by atoms with Gasteiger partial charge in [-0.25, -0.2) is 9.37 Å².